The zero-order valence-corrected chi connectivity index (χ0v) is 26.1. The molecule has 230 valence electrons. The molecule has 10 nitrogen and oxygen atoms in total. The fourth-order valence-electron chi connectivity index (χ4n) is 5.71. The summed E-state index contributed by atoms with van der Waals surface area (Å²) >= 11 is 6.06. The minimum Gasteiger partial charge on any atom is -0.493 e. The van der Waals surface area contributed by atoms with Crippen LogP contribution in [0.25, 0.3) is 0 Å². The standard InChI is InChI=1S/C31H43ClN4O6/c1-31(2,3)42-30(38)36-18-24(34-29(37)33-23-16-26(39-4)28(41-6)27(17-23)40-5)25(19-36)35-13-11-21(12-14-35)15-20-7-9-22(32)10-8-20/h7-10,16-17,21,24-25H,11-15,18-19H2,1-6H3,(H2,33,34,37)/t24-,25-/m1/s1. The fraction of sp³-hybridized carbons (Fsp3) is 0.548. The van der Waals surface area contributed by atoms with E-state index >= 15 is 0 Å². The Morgan fingerprint density at radius 3 is 2.12 bits per heavy atom. The molecule has 0 radical (unpaired) electrons. The van der Waals surface area contributed by atoms with Crippen LogP contribution in [0.5, 0.6) is 17.2 Å². The molecule has 0 aromatic heterocycles. The lowest BCUT2D eigenvalue weighted by molar-refractivity contribution is 0.0273. The maximum atomic E-state index is 13.2. The van der Waals surface area contributed by atoms with Crippen molar-refractivity contribution in [2.45, 2.75) is 57.7 Å². The third-order valence-electron chi connectivity index (χ3n) is 7.74. The van der Waals surface area contributed by atoms with E-state index in [9.17, 15) is 9.59 Å². The van der Waals surface area contributed by atoms with Gasteiger partial charge < -0.3 is 34.5 Å². The second-order valence-electron chi connectivity index (χ2n) is 11.9. The van der Waals surface area contributed by atoms with Gasteiger partial charge in [0.25, 0.3) is 0 Å². The summed E-state index contributed by atoms with van der Waals surface area (Å²) in [6.45, 7) is 8.16. The van der Waals surface area contributed by atoms with Crippen molar-refractivity contribution < 1.29 is 28.5 Å². The van der Waals surface area contributed by atoms with Crippen molar-refractivity contribution in [3.63, 3.8) is 0 Å². The molecule has 42 heavy (non-hydrogen) atoms. The minimum atomic E-state index is -0.609. The highest BCUT2D eigenvalue weighted by molar-refractivity contribution is 6.30. The number of halogens is 1. The van der Waals surface area contributed by atoms with Gasteiger partial charge in [-0.05, 0) is 76.7 Å². The predicted molar refractivity (Wildman–Crippen MR) is 163 cm³/mol. The summed E-state index contributed by atoms with van der Waals surface area (Å²) in [4.78, 5) is 30.3. The van der Waals surface area contributed by atoms with E-state index in [-0.39, 0.29) is 24.2 Å². The Bertz CT molecular complexity index is 1200. The number of carbonyl (C=O) groups excluding carboxylic acids is 2. The topological polar surface area (TPSA) is 102 Å². The second-order valence-corrected chi connectivity index (χ2v) is 12.3. The van der Waals surface area contributed by atoms with E-state index in [1.165, 1.54) is 26.9 Å². The molecule has 11 heteroatoms. The number of carbonyl (C=O) groups is 2. The zero-order chi connectivity index (χ0) is 30.4. The van der Waals surface area contributed by atoms with Gasteiger partial charge in [-0.15, -0.1) is 0 Å². The first-order valence-corrected chi connectivity index (χ1v) is 14.7. The summed E-state index contributed by atoms with van der Waals surface area (Å²) in [5, 5.41) is 6.75. The number of amides is 3. The van der Waals surface area contributed by atoms with E-state index < -0.39 is 5.60 Å². The first kappa shape index (κ1) is 31.6. The van der Waals surface area contributed by atoms with Crippen molar-refractivity contribution in [3.8, 4) is 17.2 Å². The molecule has 2 N–H and O–H groups in total. The van der Waals surface area contributed by atoms with Gasteiger partial charge in [0.05, 0.1) is 33.1 Å². The number of nitrogens with one attached hydrogen (secondary N) is 2. The van der Waals surface area contributed by atoms with Crippen LogP contribution in [-0.4, -0.2) is 87.1 Å². The highest BCUT2D eigenvalue weighted by Gasteiger charge is 2.42. The summed E-state index contributed by atoms with van der Waals surface area (Å²) in [5.74, 6) is 1.88. The lowest BCUT2D eigenvalue weighted by Gasteiger charge is -2.38. The molecule has 2 heterocycles. The molecule has 2 aliphatic rings. The predicted octanol–water partition coefficient (Wildman–Crippen LogP) is 5.43. The Labute approximate surface area is 253 Å². The maximum absolute atomic E-state index is 13.2. The van der Waals surface area contributed by atoms with Crippen molar-refractivity contribution in [1.82, 2.24) is 15.1 Å². The molecule has 2 atom stereocenters. The number of rotatable bonds is 8. The van der Waals surface area contributed by atoms with Crippen LogP contribution in [0, 0.1) is 5.92 Å². The summed E-state index contributed by atoms with van der Waals surface area (Å²) in [7, 11) is 4.57. The quantitative estimate of drug-likeness (QED) is 0.415. The van der Waals surface area contributed by atoms with Gasteiger partial charge in [-0.25, -0.2) is 9.59 Å². The molecule has 2 aromatic carbocycles. The number of ether oxygens (including phenoxy) is 4. The molecule has 2 saturated heterocycles. The van der Waals surface area contributed by atoms with Gasteiger partial charge in [-0.2, -0.15) is 0 Å². The van der Waals surface area contributed by atoms with Gasteiger partial charge >= 0.3 is 12.1 Å². The van der Waals surface area contributed by atoms with Gasteiger partial charge in [-0.1, -0.05) is 23.7 Å². The number of methoxy groups -OCH3 is 3. The highest BCUT2D eigenvalue weighted by atomic mass is 35.5. The third kappa shape index (κ3) is 8.13. The molecule has 0 aliphatic carbocycles. The number of benzene rings is 2. The molecule has 2 aliphatic heterocycles. The van der Waals surface area contributed by atoms with Crippen molar-refractivity contribution in [2.24, 2.45) is 5.92 Å². The van der Waals surface area contributed by atoms with Crippen molar-refractivity contribution in [1.29, 1.82) is 0 Å². The number of urea groups is 1. The number of hydrogen-bond acceptors (Lipinski definition) is 7. The van der Waals surface area contributed by atoms with Crippen LogP contribution < -0.4 is 24.8 Å². The highest BCUT2D eigenvalue weighted by Crippen LogP contribution is 2.40. The molecule has 0 spiro atoms. The van der Waals surface area contributed by atoms with E-state index in [1.54, 1.807) is 17.0 Å². The molecule has 2 aromatic rings. The maximum Gasteiger partial charge on any atom is 0.410 e. The van der Waals surface area contributed by atoms with Crippen LogP contribution >= 0.6 is 11.6 Å². The molecule has 4 rings (SSSR count). The molecule has 2 fully saturated rings. The fourth-order valence-corrected chi connectivity index (χ4v) is 5.83. The van der Waals surface area contributed by atoms with Gasteiger partial charge in [0.2, 0.25) is 5.75 Å². The third-order valence-corrected chi connectivity index (χ3v) is 7.99. The Balaban J connectivity index is 1.44. The van der Waals surface area contributed by atoms with Gasteiger partial charge in [0, 0.05) is 36.3 Å². The average Bonchev–Trinajstić information content (AvgIpc) is 3.37. The average molecular weight is 603 g/mol. The number of likely N-dealkylation sites (tertiary alicyclic amines) is 2. The number of hydrogen-bond donors (Lipinski definition) is 2. The van der Waals surface area contributed by atoms with Crippen LogP contribution in [0.1, 0.15) is 39.2 Å². The van der Waals surface area contributed by atoms with E-state index in [0.29, 0.717) is 41.9 Å². The first-order chi connectivity index (χ1) is 20.0. The lowest BCUT2D eigenvalue weighted by atomic mass is 9.89. The largest absolute Gasteiger partial charge is 0.493 e. The summed E-state index contributed by atoms with van der Waals surface area (Å²) < 4.78 is 21.9. The Morgan fingerprint density at radius 2 is 1.57 bits per heavy atom. The Morgan fingerprint density at radius 1 is 0.952 bits per heavy atom. The summed E-state index contributed by atoms with van der Waals surface area (Å²) in [5.41, 5.74) is 1.17. The van der Waals surface area contributed by atoms with E-state index in [0.717, 1.165) is 37.4 Å². The van der Waals surface area contributed by atoms with Crippen LogP contribution in [0.4, 0.5) is 15.3 Å². The van der Waals surface area contributed by atoms with Gasteiger partial charge in [0.15, 0.2) is 11.5 Å². The van der Waals surface area contributed by atoms with Crippen LogP contribution in [0.3, 0.4) is 0 Å². The molecule has 3 amide bonds. The van der Waals surface area contributed by atoms with Gasteiger partial charge in [0.1, 0.15) is 5.60 Å². The zero-order valence-electron chi connectivity index (χ0n) is 25.4. The molecular weight excluding hydrogens is 560 g/mol. The molecule has 0 unspecified atom stereocenters. The van der Waals surface area contributed by atoms with Crippen molar-refractivity contribution in [3.05, 3.63) is 47.0 Å². The van der Waals surface area contributed by atoms with Crippen LogP contribution in [0.15, 0.2) is 36.4 Å². The molecule has 0 saturated carbocycles. The second kappa shape index (κ2) is 13.7. The Hall–Kier alpha value is -3.37. The smallest absolute Gasteiger partial charge is 0.410 e. The van der Waals surface area contributed by atoms with Crippen LogP contribution in [0.2, 0.25) is 5.02 Å². The van der Waals surface area contributed by atoms with E-state index in [2.05, 4.69) is 27.7 Å². The summed E-state index contributed by atoms with van der Waals surface area (Å²) in [6, 6.07) is 10.7. The van der Waals surface area contributed by atoms with E-state index in [1.807, 2.05) is 32.9 Å². The van der Waals surface area contributed by atoms with E-state index in [4.69, 9.17) is 30.5 Å². The number of anilines is 1. The normalized spacial score (nSPS) is 19.7. The number of piperidine rings is 1. The lowest BCUT2D eigenvalue weighted by Crippen LogP contribution is -2.54. The monoisotopic (exact) mass is 602 g/mol. The summed E-state index contributed by atoms with van der Waals surface area (Å²) in [6.07, 6.45) is 2.71. The Kier molecular flexibility index (Phi) is 10.3. The number of nitrogens with zero attached hydrogens (tertiary/aromatic N) is 2. The van der Waals surface area contributed by atoms with Crippen LogP contribution in [-0.2, 0) is 11.2 Å². The van der Waals surface area contributed by atoms with Crippen molar-refractivity contribution >= 4 is 29.4 Å². The minimum absolute atomic E-state index is 0.0420. The molecular formula is C31H43ClN4O6. The van der Waals surface area contributed by atoms with Gasteiger partial charge in [-0.3, -0.25) is 4.90 Å². The first-order valence-electron chi connectivity index (χ1n) is 14.3. The molecule has 0 bridgehead atoms. The van der Waals surface area contributed by atoms with Crippen molar-refractivity contribution in [2.75, 3.05) is 52.8 Å². The SMILES string of the molecule is COc1cc(NC(=O)N[C@@H]2CN(C(=O)OC(C)(C)C)C[C@H]2N2CCC(Cc3ccc(Cl)cc3)CC2)cc(OC)c1OC.